The van der Waals surface area contributed by atoms with E-state index in [9.17, 15) is 0 Å². The Balaban J connectivity index is 0.000000174. The summed E-state index contributed by atoms with van der Waals surface area (Å²) in [5.41, 5.74) is 4.65. The number of anilines is 1. The van der Waals surface area contributed by atoms with Crippen molar-refractivity contribution < 1.29 is 24.5 Å². The molecule has 3 aromatic heterocycles. The number of fused-ring (bicyclic) bond motifs is 6. The van der Waals surface area contributed by atoms with Gasteiger partial charge in [-0.2, -0.15) is 25.1 Å². The third kappa shape index (κ3) is 6.69. The van der Waals surface area contributed by atoms with Crippen molar-refractivity contribution in [3.63, 3.8) is 0 Å². The van der Waals surface area contributed by atoms with Gasteiger partial charge in [0, 0.05) is 48.2 Å². The molecule has 0 atom stereocenters. The third-order valence-electron chi connectivity index (χ3n) is 7.09. The quantitative estimate of drug-likeness (QED) is 0.168. The van der Waals surface area contributed by atoms with Gasteiger partial charge in [0.05, 0.1) is 11.7 Å². The average Bonchev–Trinajstić information content (AvgIpc) is 3.64. The predicted octanol–water partition coefficient (Wildman–Crippen LogP) is 9.72. The molecule has 0 unspecified atom stereocenters. The van der Waals surface area contributed by atoms with Gasteiger partial charge in [0.2, 0.25) is 0 Å². The van der Waals surface area contributed by atoms with Crippen LogP contribution in [0.4, 0.5) is 5.69 Å². The smallest absolute Gasteiger partial charge is 0.120 e. The maximum atomic E-state index is 5.88. The molecule has 0 fully saturated rings. The molecule has 7 rings (SSSR count). The monoisotopic (exact) mass is 763 g/mol. The van der Waals surface area contributed by atoms with Crippen LogP contribution >= 0.6 is 0 Å². The molecule has 4 heterocycles. The minimum absolute atomic E-state index is 0. The largest absolute Gasteiger partial charge is 0.656 e. The van der Waals surface area contributed by atoms with Crippen molar-refractivity contribution in [3.8, 4) is 0 Å². The van der Waals surface area contributed by atoms with Gasteiger partial charge < -0.3 is 29.4 Å². The molecule has 0 amide bonds. The second-order valence-corrected chi connectivity index (χ2v) is 12.9. The first-order valence-electron chi connectivity index (χ1n) is 14.6. The zero-order valence-electron chi connectivity index (χ0n) is 26.2. The minimum atomic E-state index is -0.281. The van der Waals surface area contributed by atoms with Crippen LogP contribution in [-0.4, -0.2) is 32.6 Å². The van der Waals surface area contributed by atoms with Crippen molar-refractivity contribution in [1.29, 1.82) is 0 Å². The van der Waals surface area contributed by atoms with Crippen LogP contribution < -0.4 is 4.90 Å². The van der Waals surface area contributed by atoms with E-state index in [1.165, 1.54) is 10.8 Å². The molecule has 3 aromatic carbocycles. The van der Waals surface area contributed by atoms with Crippen LogP contribution in [0.3, 0.4) is 0 Å². The van der Waals surface area contributed by atoms with Crippen molar-refractivity contribution in [2.24, 2.45) is 0 Å². The maximum Gasteiger partial charge on any atom is 0.120 e. The first kappa shape index (κ1) is 31.7. The molecule has 44 heavy (non-hydrogen) atoms. The molecule has 0 bridgehead atoms. The molecule has 0 saturated heterocycles. The Morgan fingerprint density at radius 3 is 2.14 bits per heavy atom. The summed E-state index contributed by atoms with van der Waals surface area (Å²) in [5, 5.41) is 14.7. The summed E-state index contributed by atoms with van der Waals surface area (Å²) in [4.78, 5) is 8.36. The summed E-state index contributed by atoms with van der Waals surface area (Å²) >= 11 is 0. The average molecular weight is 763 g/mol. The number of rotatable bonds is 4. The second-order valence-electron chi connectivity index (χ2n) is 12.9. The molecule has 0 saturated carbocycles. The predicted molar refractivity (Wildman–Crippen MR) is 179 cm³/mol. The van der Waals surface area contributed by atoms with Gasteiger partial charge in [0.1, 0.15) is 5.58 Å². The van der Waals surface area contributed by atoms with Crippen LogP contribution in [0.2, 0.25) is 0 Å². The summed E-state index contributed by atoms with van der Waals surface area (Å²) in [6.07, 6.45) is 7.47. The number of pyridine rings is 1. The van der Waals surface area contributed by atoms with Gasteiger partial charge in [0.15, 0.2) is 0 Å². The molecule has 1 aliphatic rings. The summed E-state index contributed by atoms with van der Waals surface area (Å²) in [7, 11) is 2.00. The summed E-state index contributed by atoms with van der Waals surface area (Å²) in [6, 6.07) is 25.9. The van der Waals surface area contributed by atoms with Crippen LogP contribution in [0.25, 0.3) is 54.4 Å². The first-order chi connectivity index (χ1) is 20.5. The van der Waals surface area contributed by atoms with Gasteiger partial charge in [-0.15, -0.1) is 22.8 Å². The standard InChI is InChI=1S/C20H26N4.C16H12N2O.Ir/c1-19(2,3)22-18(23-20(4,5)6)24-16-10-8-7-9-14(16)15-11-12-21-13-17(15)24;1-17-8-9-18(11-17)12-6-7-14-13-4-2-3-5-15(13)19-16(14)10-12;/h7-13,18H,1-6H3;2-5,7-11H,1H3;/q2*-2;. The summed E-state index contributed by atoms with van der Waals surface area (Å²) < 4.78 is 8.10. The Kier molecular flexibility index (Phi) is 8.92. The van der Waals surface area contributed by atoms with Crippen LogP contribution in [0.1, 0.15) is 47.8 Å². The van der Waals surface area contributed by atoms with Gasteiger partial charge in [-0.25, -0.2) is 0 Å². The minimum Gasteiger partial charge on any atom is -0.656 e. The van der Waals surface area contributed by atoms with Gasteiger partial charge in [-0.1, -0.05) is 83.3 Å². The topological polar surface area (TPSA) is 65.6 Å². The molecule has 1 aliphatic heterocycles. The van der Waals surface area contributed by atoms with Gasteiger partial charge in [0.25, 0.3) is 0 Å². The van der Waals surface area contributed by atoms with E-state index in [-0.39, 0.29) is 37.5 Å². The molecule has 7 nitrogen and oxygen atoms in total. The number of hydrogen-bond acceptors (Lipinski definition) is 4. The fourth-order valence-electron chi connectivity index (χ4n) is 5.33. The van der Waals surface area contributed by atoms with E-state index in [0.29, 0.717) is 0 Å². The Hall–Kier alpha value is -3.68. The van der Waals surface area contributed by atoms with Crippen molar-refractivity contribution in [1.82, 2.24) is 14.5 Å². The van der Waals surface area contributed by atoms with Crippen LogP contribution in [0, 0.1) is 12.7 Å². The van der Waals surface area contributed by atoms with E-state index in [4.69, 9.17) is 15.1 Å². The van der Waals surface area contributed by atoms with Crippen molar-refractivity contribution in [2.75, 3.05) is 11.9 Å². The van der Waals surface area contributed by atoms with E-state index in [2.05, 4.69) is 93.6 Å². The van der Waals surface area contributed by atoms with Crippen LogP contribution in [-0.2, 0) is 20.1 Å². The molecule has 1 radical (unpaired) electrons. The first-order valence-corrected chi connectivity index (χ1v) is 14.6. The molecule has 231 valence electrons. The van der Waals surface area contributed by atoms with E-state index in [0.717, 1.165) is 38.7 Å². The molecule has 0 N–H and O–H groups in total. The zero-order chi connectivity index (χ0) is 30.4. The number of hydrogen-bond donors (Lipinski definition) is 0. The Bertz CT molecular complexity index is 1860. The summed E-state index contributed by atoms with van der Waals surface area (Å²) in [5.74, 6) is 0. The van der Waals surface area contributed by atoms with Crippen LogP contribution in [0.5, 0.6) is 0 Å². The van der Waals surface area contributed by atoms with E-state index < -0.39 is 0 Å². The fourth-order valence-corrected chi connectivity index (χ4v) is 5.33. The van der Waals surface area contributed by atoms with Gasteiger partial charge >= 0.3 is 0 Å². The Morgan fingerprint density at radius 2 is 1.45 bits per heavy atom. The van der Waals surface area contributed by atoms with Gasteiger partial charge in [-0.05, 0) is 43.0 Å². The molecular weight excluding hydrogens is 725 g/mol. The van der Waals surface area contributed by atoms with Crippen molar-refractivity contribution in [3.05, 3.63) is 115 Å². The number of benzene rings is 3. The van der Waals surface area contributed by atoms with E-state index >= 15 is 0 Å². The molecule has 0 aliphatic carbocycles. The number of nitrogens with zero attached hydrogens (tertiary/aromatic N) is 6. The molecule has 8 heteroatoms. The van der Waals surface area contributed by atoms with E-state index in [1.807, 2.05) is 78.6 Å². The third-order valence-corrected chi connectivity index (χ3v) is 7.09. The number of furan rings is 1. The van der Waals surface area contributed by atoms with E-state index in [1.54, 1.807) is 0 Å². The summed E-state index contributed by atoms with van der Waals surface area (Å²) in [6.45, 7) is 14.7. The Morgan fingerprint density at radius 1 is 0.795 bits per heavy atom. The molecule has 6 aromatic rings. The van der Waals surface area contributed by atoms with Gasteiger partial charge in [-0.3, -0.25) is 4.98 Å². The molecular formula is C36H38IrN6O-4. The maximum absolute atomic E-state index is 5.88. The number of para-hydroxylation sites is 2. The molecule has 0 spiro atoms. The number of aromatic nitrogens is 2. The zero-order valence-corrected chi connectivity index (χ0v) is 28.6. The second kappa shape index (κ2) is 12.4. The van der Waals surface area contributed by atoms with Crippen molar-refractivity contribution in [2.45, 2.75) is 58.9 Å². The van der Waals surface area contributed by atoms with Crippen LogP contribution in [0.15, 0.2) is 95.9 Å². The van der Waals surface area contributed by atoms with Crippen molar-refractivity contribution >= 4 is 49.4 Å². The normalized spacial score (nSPS) is 13.7. The fraction of sp³-hybridized carbons (Fsp3) is 0.278. The SMILES string of the molecule is CC(C)(C)[N-]C([N-]C(C)(C)C)n1c2ccccc2c2ccncc21.CN1C=CN(c2[c-]cc3c(c2)oc2ccccc23)[CH-]1.[Ir]. The Labute approximate surface area is 273 Å².